The molecular formula is C39H21N3O3. The van der Waals surface area contributed by atoms with Crippen LogP contribution in [0.5, 0.6) is 0 Å². The zero-order valence-electron chi connectivity index (χ0n) is 23.7. The second kappa shape index (κ2) is 9.11. The molecule has 0 atom stereocenters. The SMILES string of the molecule is c1ccc(-c2nc(-c3ccccc3)nc(-c3cccc4c3oc3ccc5c6ccc7oc8ccccc8c7c6oc5c34)n2)cc1. The van der Waals surface area contributed by atoms with E-state index < -0.39 is 0 Å². The fraction of sp³-hybridized carbons (Fsp3) is 0. The summed E-state index contributed by atoms with van der Waals surface area (Å²) in [4.78, 5) is 14.8. The average molecular weight is 580 g/mol. The minimum atomic E-state index is 0.541. The summed E-state index contributed by atoms with van der Waals surface area (Å²) in [5.74, 6) is 1.74. The molecule has 0 N–H and O–H groups in total. The molecular weight excluding hydrogens is 558 g/mol. The predicted molar refractivity (Wildman–Crippen MR) is 178 cm³/mol. The summed E-state index contributed by atoms with van der Waals surface area (Å²) >= 11 is 0. The number of furan rings is 3. The van der Waals surface area contributed by atoms with Crippen LogP contribution in [0.4, 0.5) is 0 Å². The second-order valence-electron chi connectivity index (χ2n) is 11.2. The first-order valence-corrected chi connectivity index (χ1v) is 14.8. The highest BCUT2D eigenvalue weighted by Gasteiger charge is 2.22. The lowest BCUT2D eigenvalue weighted by Crippen LogP contribution is -2.00. The van der Waals surface area contributed by atoms with Crippen molar-refractivity contribution >= 4 is 65.8 Å². The molecule has 4 aromatic heterocycles. The van der Waals surface area contributed by atoms with Crippen molar-refractivity contribution in [2.75, 3.05) is 0 Å². The first kappa shape index (κ1) is 24.2. The number of fused-ring (bicyclic) bond motifs is 11. The van der Waals surface area contributed by atoms with E-state index in [0.717, 1.165) is 76.9 Å². The van der Waals surface area contributed by atoms with E-state index in [1.807, 2.05) is 103 Å². The van der Waals surface area contributed by atoms with E-state index in [-0.39, 0.29) is 0 Å². The van der Waals surface area contributed by atoms with Crippen molar-refractivity contribution in [2.24, 2.45) is 0 Å². The summed E-state index contributed by atoms with van der Waals surface area (Å²) in [5, 5.41) is 5.93. The number of rotatable bonds is 3. The van der Waals surface area contributed by atoms with Crippen LogP contribution in [0.2, 0.25) is 0 Å². The summed E-state index contributed by atoms with van der Waals surface area (Å²) in [6.07, 6.45) is 0. The number of hydrogen-bond donors (Lipinski definition) is 0. The predicted octanol–water partition coefficient (Wildman–Crippen LogP) is 10.6. The van der Waals surface area contributed by atoms with Gasteiger partial charge in [0.2, 0.25) is 0 Å². The van der Waals surface area contributed by atoms with E-state index >= 15 is 0 Å². The van der Waals surface area contributed by atoms with Crippen LogP contribution in [0.3, 0.4) is 0 Å². The molecule has 6 nitrogen and oxygen atoms in total. The van der Waals surface area contributed by atoms with Gasteiger partial charge in [0.25, 0.3) is 0 Å². The fourth-order valence-electron chi connectivity index (χ4n) is 6.49. The molecule has 0 aliphatic heterocycles. The summed E-state index contributed by atoms with van der Waals surface area (Å²) in [7, 11) is 0. The van der Waals surface area contributed by atoms with E-state index in [4.69, 9.17) is 28.2 Å². The van der Waals surface area contributed by atoms with Crippen molar-refractivity contribution < 1.29 is 13.3 Å². The molecule has 210 valence electrons. The van der Waals surface area contributed by atoms with E-state index in [1.54, 1.807) is 0 Å². The van der Waals surface area contributed by atoms with Crippen LogP contribution in [0.1, 0.15) is 0 Å². The summed E-state index contributed by atoms with van der Waals surface area (Å²) in [6.45, 7) is 0. The van der Waals surface area contributed by atoms with Crippen LogP contribution < -0.4 is 0 Å². The molecule has 0 amide bonds. The van der Waals surface area contributed by atoms with Crippen LogP contribution in [-0.4, -0.2) is 15.0 Å². The van der Waals surface area contributed by atoms with Crippen LogP contribution >= 0.6 is 0 Å². The van der Waals surface area contributed by atoms with E-state index in [1.165, 1.54) is 0 Å². The molecule has 0 unspecified atom stereocenters. The molecule has 0 fully saturated rings. The van der Waals surface area contributed by atoms with Gasteiger partial charge in [-0.15, -0.1) is 0 Å². The van der Waals surface area contributed by atoms with Gasteiger partial charge >= 0.3 is 0 Å². The Kier molecular flexibility index (Phi) is 4.90. The third-order valence-electron chi connectivity index (χ3n) is 8.55. The number of nitrogens with zero attached hydrogens (tertiary/aromatic N) is 3. The van der Waals surface area contributed by atoms with Gasteiger partial charge < -0.3 is 13.3 Å². The monoisotopic (exact) mass is 579 g/mol. The molecule has 0 radical (unpaired) electrons. The molecule has 10 aromatic rings. The van der Waals surface area contributed by atoms with Gasteiger partial charge in [-0.05, 0) is 36.4 Å². The smallest absolute Gasteiger partial charge is 0.167 e. The largest absolute Gasteiger partial charge is 0.456 e. The lowest BCUT2D eigenvalue weighted by Gasteiger charge is -2.08. The molecule has 4 heterocycles. The van der Waals surface area contributed by atoms with Gasteiger partial charge in [0.15, 0.2) is 17.5 Å². The highest BCUT2D eigenvalue weighted by Crippen LogP contribution is 2.44. The minimum absolute atomic E-state index is 0.541. The molecule has 6 heteroatoms. The third-order valence-corrected chi connectivity index (χ3v) is 8.55. The maximum absolute atomic E-state index is 6.75. The highest BCUT2D eigenvalue weighted by atomic mass is 16.4. The maximum Gasteiger partial charge on any atom is 0.167 e. The average Bonchev–Trinajstić information content (AvgIpc) is 3.79. The zero-order valence-corrected chi connectivity index (χ0v) is 23.7. The van der Waals surface area contributed by atoms with Gasteiger partial charge in [-0.3, -0.25) is 0 Å². The number of para-hydroxylation sites is 2. The Morgan fingerprint density at radius 3 is 1.58 bits per heavy atom. The van der Waals surface area contributed by atoms with Crippen molar-refractivity contribution in [3.05, 3.63) is 127 Å². The standard InChI is InChI=1S/C39H21N3O3/c1-3-10-22(11-4-1)37-40-38(23-12-5-2-6-13-23)42-39(41-37)28-16-9-15-27-33-31(44-34(27)28)21-19-25-24-18-20-30-32(35(24)45-36(25)33)26-14-7-8-17-29(26)43-30/h1-21H. The van der Waals surface area contributed by atoms with Crippen molar-refractivity contribution in [2.45, 2.75) is 0 Å². The fourth-order valence-corrected chi connectivity index (χ4v) is 6.49. The van der Waals surface area contributed by atoms with Gasteiger partial charge in [-0.25, -0.2) is 15.0 Å². The lowest BCUT2D eigenvalue weighted by atomic mass is 10.0. The second-order valence-corrected chi connectivity index (χ2v) is 11.2. The van der Waals surface area contributed by atoms with Crippen LogP contribution in [0.15, 0.2) is 141 Å². The van der Waals surface area contributed by atoms with Gasteiger partial charge in [0.05, 0.1) is 16.3 Å². The molecule has 0 spiro atoms. The molecule has 0 saturated carbocycles. The van der Waals surface area contributed by atoms with E-state index in [0.29, 0.717) is 23.1 Å². The molecule has 0 saturated heterocycles. The topological polar surface area (TPSA) is 78.1 Å². The maximum atomic E-state index is 6.75. The van der Waals surface area contributed by atoms with Crippen LogP contribution in [0.25, 0.3) is 100.0 Å². The van der Waals surface area contributed by atoms with E-state index in [2.05, 4.69) is 24.3 Å². The van der Waals surface area contributed by atoms with Gasteiger partial charge in [-0.1, -0.05) is 91.0 Å². The van der Waals surface area contributed by atoms with Crippen LogP contribution in [-0.2, 0) is 0 Å². The summed E-state index contributed by atoms with van der Waals surface area (Å²) < 4.78 is 19.5. The van der Waals surface area contributed by atoms with Crippen molar-refractivity contribution in [1.82, 2.24) is 15.0 Å². The molecule has 6 aromatic carbocycles. The number of hydrogen-bond acceptors (Lipinski definition) is 6. The quantitative estimate of drug-likeness (QED) is 0.207. The van der Waals surface area contributed by atoms with Gasteiger partial charge in [0.1, 0.15) is 33.5 Å². The van der Waals surface area contributed by atoms with E-state index in [9.17, 15) is 0 Å². The highest BCUT2D eigenvalue weighted by molar-refractivity contribution is 6.27. The third kappa shape index (κ3) is 3.53. The number of benzene rings is 6. The number of aromatic nitrogens is 3. The Morgan fingerprint density at radius 2 is 0.889 bits per heavy atom. The van der Waals surface area contributed by atoms with Crippen LogP contribution in [0, 0.1) is 0 Å². The molecule has 10 rings (SSSR count). The molecule has 0 aliphatic rings. The Balaban J connectivity index is 1.25. The first-order valence-electron chi connectivity index (χ1n) is 14.8. The van der Waals surface area contributed by atoms with Crippen molar-refractivity contribution in [3.8, 4) is 34.2 Å². The normalized spacial score (nSPS) is 12.0. The Labute approximate surface area is 255 Å². The molecule has 45 heavy (non-hydrogen) atoms. The Bertz CT molecular complexity index is 2700. The Morgan fingerprint density at radius 1 is 0.333 bits per heavy atom. The molecule has 0 bridgehead atoms. The summed E-state index contributed by atoms with van der Waals surface area (Å²) in [5.41, 5.74) is 7.27. The lowest BCUT2D eigenvalue weighted by molar-refractivity contribution is 0.661. The van der Waals surface area contributed by atoms with Gasteiger partial charge in [0, 0.05) is 32.7 Å². The van der Waals surface area contributed by atoms with Crippen molar-refractivity contribution in [3.63, 3.8) is 0 Å². The summed E-state index contributed by atoms with van der Waals surface area (Å²) in [6, 6.07) is 42.3. The molecule has 0 aliphatic carbocycles. The minimum Gasteiger partial charge on any atom is -0.456 e. The zero-order chi connectivity index (χ0) is 29.5. The van der Waals surface area contributed by atoms with Crippen molar-refractivity contribution in [1.29, 1.82) is 0 Å². The first-order chi connectivity index (χ1) is 22.3. The Hall–Kier alpha value is -6.27. The van der Waals surface area contributed by atoms with Gasteiger partial charge in [-0.2, -0.15) is 0 Å².